The molecule has 1 aromatic rings. The van der Waals surface area contributed by atoms with Crippen molar-refractivity contribution >= 4 is 33.2 Å². The molecule has 0 unspecified atom stereocenters. The number of nitrogens with one attached hydrogen (secondary N) is 1. The molecule has 10 heteroatoms. The number of amides is 1. The molecule has 2 heterocycles. The highest BCUT2D eigenvalue weighted by Crippen LogP contribution is 2.23. The second-order valence-corrected chi connectivity index (χ2v) is 7.09. The summed E-state index contributed by atoms with van der Waals surface area (Å²) in [7, 11) is -3.64. The molecule has 116 valence electrons. The van der Waals surface area contributed by atoms with E-state index in [-0.39, 0.29) is 22.9 Å². The van der Waals surface area contributed by atoms with Gasteiger partial charge in [-0.05, 0) is 6.07 Å². The van der Waals surface area contributed by atoms with Crippen LogP contribution in [0.1, 0.15) is 9.67 Å². The van der Waals surface area contributed by atoms with Crippen molar-refractivity contribution < 1.29 is 27.9 Å². The van der Waals surface area contributed by atoms with Gasteiger partial charge in [0.15, 0.2) is 0 Å². The van der Waals surface area contributed by atoms with Crippen molar-refractivity contribution in [3.05, 3.63) is 16.3 Å². The summed E-state index contributed by atoms with van der Waals surface area (Å²) >= 11 is 0.958. The van der Waals surface area contributed by atoms with E-state index >= 15 is 0 Å². The van der Waals surface area contributed by atoms with Gasteiger partial charge in [-0.15, -0.1) is 11.3 Å². The van der Waals surface area contributed by atoms with Gasteiger partial charge < -0.3 is 15.2 Å². The van der Waals surface area contributed by atoms with Crippen molar-refractivity contribution in [2.75, 3.05) is 32.8 Å². The van der Waals surface area contributed by atoms with Gasteiger partial charge in [0.05, 0.1) is 23.0 Å². The summed E-state index contributed by atoms with van der Waals surface area (Å²) in [6.45, 7) is 0.727. The molecule has 2 N–H and O–H groups in total. The number of carbonyl (C=O) groups is 2. The van der Waals surface area contributed by atoms with Gasteiger partial charge in [-0.1, -0.05) is 0 Å². The highest BCUT2D eigenvalue weighted by molar-refractivity contribution is 7.89. The van der Waals surface area contributed by atoms with E-state index in [0.29, 0.717) is 13.2 Å². The minimum absolute atomic E-state index is 0.0369. The second-order valence-electron chi connectivity index (χ2n) is 4.24. The Kier molecular flexibility index (Phi) is 4.93. The van der Waals surface area contributed by atoms with E-state index in [0.717, 1.165) is 11.3 Å². The predicted molar refractivity (Wildman–Crippen MR) is 73.9 cm³/mol. The molecule has 0 saturated carbocycles. The van der Waals surface area contributed by atoms with Gasteiger partial charge in [0.2, 0.25) is 10.0 Å². The van der Waals surface area contributed by atoms with Crippen LogP contribution in [0.5, 0.6) is 0 Å². The first kappa shape index (κ1) is 15.9. The lowest BCUT2D eigenvalue weighted by Gasteiger charge is -2.25. The van der Waals surface area contributed by atoms with Crippen LogP contribution in [-0.2, 0) is 19.6 Å². The predicted octanol–water partition coefficient (Wildman–Crippen LogP) is -0.417. The van der Waals surface area contributed by atoms with Crippen LogP contribution in [-0.4, -0.2) is 62.6 Å². The van der Waals surface area contributed by atoms with Gasteiger partial charge in [-0.2, -0.15) is 4.31 Å². The maximum absolute atomic E-state index is 12.3. The van der Waals surface area contributed by atoms with E-state index < -0.39 is 28.4 Å². The largest absolute Gasteiger partial charge is 0.480 e. The first-order chi connectivity index (χ1) is 9.91. The summed E-state index contributed by atoms with van der Waals surface area (Å²) in [4.78, 5) is 22.2. The van der Waals surface area contributed by atoms with Crippen LogP contribution >= 0.6 is 11.3 Å². The zero-order valence-corrected chi connectivity index (χ0v) is 12.6. The standard InChI is InChI=1S/C11H14N2O6S2/c14-10(15)6-12-11(16)9-5-8(7-20-9)21(17,18)13-1-3-19-4-2-13/h5,7H,1-4,6H2,(H,12,16)(H,14,15). The number of ether oxygens (including phenoxy) is 1. The third kappa shape index (κ3) is 3.79. The minimum atomic E-state index is -3.64. The van der Waals surface area contributed by atoms with Gasteiger partial charge in [-0.3, -0.25) is 9.59 Å². The molecular weight excluding hydrogens is 320 g/mol. The van der Waals surface area contributed by atoms with E-state index in [4.69, 9.17) is 9.84 Å². The maximum atomic E-state index is 12.3. The lowest BCUT2D eigenvalue weighted by atomic mass is 10.4. The zero-order chi connectivity index (χ0) is 15.5. The number of morpholine rings is 1. The number of hydrogen-bond acceptors (Lipinski definition) is 6. The summed E-state index contributed by atoms with van der Waals surface area (Å²) in [6.07, 6.45) is 0. The average molecular weight is 334 g/mol. The summed E-state index contributed by atoms with van der Waals surface area (Å²) < 4.78 is 31.1. The molecule has 0 radical (unpaired) electrons. The van der Waals surface area contributed by atoms with Gasteiger partial charge in [0, 0.05) is 18.5 Å². The molecule has 0 aromatic carbocycles. The molecule has 1 aliphatic rings. The number of carboxylic acids is 1. The molecule has 1 aromatic heterocycles. The molecule has 0 spiro atoms. The first-order valence-electron chi connectivity index (χ1n) is 6.07. The van der Waals surface area contributed by atoms with Crippen molar-refractivity contribution in [1.82, 2.24) is 9.62 Å². The quantitative estimate of drug-likeness (QED) is 0.756. The van der Waals surface area contributed by atoms with Crippen LogP contribution in [0.2, 0.25) is 0 Å². The van der Waals surface area contributed by atoms with Crippen LogP contribution in [0.25, 0.3) is 0 Å². The third-order valence-corrected chi connectivity index (χ3v) is 5.76. The average Bonchev–Trinajstić information content (AvgIpc) is 2.96. The Morgan fingerprint density at radius 1 is 1.38 bits per heavy atom. The fraction of sp³-hybridized carbons (Fsp3) is 0.455. The monoisotopic (exact) mass is 334 g/mol. The molecule has 1 aliphatic heterocycles. The smallest absolute Gasteiger partial charge is 0.322 e. The number of carbonyl (C=O) groups excluding carboxylic acids is 1. The van der Waals surface area contributed by atoms with E-state index in [1.165, 1.54) is 15.8 Å². The van der Waals surface area contributed by atoms with E-state index in [9.17, 15) is 18.0 Å². The molecule has 0 atom stereocenters. The number of rotatable bonds is 5. The normalized spacial score (nSPS) is 16.6. The topological polar surface area (TPSA) is 113 Å². The fourth-order valence-electron chi connectivity index (χ4n) is 1.75. The van der Waals surface area contributed by atoms with E-state index in [2.05, 4.69) is 5.32 Å². The SMILES string of the molecule is O=C(O)CNC(=O)c1cc(S(=O)(=O)N2CCOCC2)cs1. The van der Waals surface area contributed by atoms with Crippen LogP contribution in [0.3, 0.4) is 0 Å². The van der Waals surface area contributed by atoms with Crippen molar-refractivity contribution in [2.24, 2.45) is 0 Å². The maximum Gasteiger partial charge on any atom is 0.322 e. The number of aliphatic carboxylic acids is 1. The number of hydrogen-bond donors (Lipinski definition) is 2. The molecular formula is C11H14N2O6S2. The van der Waals surface area contributed by atoms with E-state index in [1.54, 1.807) is 0 Å². The summed E-state index contributed by atoms with van der Waals surface area (Å²) in [6, 6.07) is 1.26. The zero-order valence-electron chi connectivity index (χ0n) is 10.9. The molecule has 1 fully saturated rings. The fourth-order valence-corrected chi connectivity index (χ4v) is 4.34. The van der Waals surface area contributed by atoms with Crippen molar-refractivity contribution in [2.45, 2.75) is 4.90 Å². The van der Waals surface area contributed by atoms with Crippen LogP contribution in [0.4, 0.5) is 0 Å². The number of carboxylic acid groups (broad SMARTS) is 1. The molecule has 21 heavy (non-hydrogen) atoms. The Labute approximate surface area is 125 Å². The Bertz CT molecular complexity index is 633. The van der Waals surface area contributed by atoms with Crippen molar-refractivity contribution in [1.29, 1.82) is 0 Å². The first-order valence-corrected chi connectivity index (χ1v) is 8.39. The molecule has 1 amide bonds. The summed E-state index contributed by atoms with van der Waals surface area (Å²) in [5, 5.41) is 12.0. The second kappa shape index (κ2) is 6.52. The van der Waals surface area contributed by atoms with Crippen molar-refractivity contribution in [3.63, 3.8) is 0 Å². The lowest BCUT2D eigenvalue weighted by Crippen LogP contribution is -2.40. The molecule has 0 aliphatic carbocycles. The lowest BCUT2D eigenvalue weighted by molar-refractivity contribution is -0.135. The van der Waals surface area contributed by atoms with Gasteiger partial charge in [0.1, 0.15) is 6.54 Å². The third-order valence-electron chi connectivity index (χ3n) is 2.81. The highest BCUT2D eigenvalue weighted by atomic mass is 32.2. The Morgan fingerprint density at radius 3 is 2.67 bits per heavy atom. The molecule has 8 nitrogen and oxygen atoms in total. The van der Waals surface area contributed by atoms with Gasteiger partial charge in [-0.25, -0.2) is 8.42 Å². The van der Waals surface area contributed by atoms with Gasteiger partial charge >= 0.3 is 5.97 Å². The summed E-state index contributed by atoms with van der Waals surface area (Å²) in [5.74, 6) is -1.77. The number of sulfonamides is 1. The Morgan fingerprint density at radius 2 is 2.05 bits per heavy atom. The van der Waals surface area contributed by atoms with Crippen molar-refractivity contribution in [3.8, 4) is 0 Å². The van der Waals surface area contributed by atoms with Crippen LogP contribution < -0.4 is 5.32 Å². The minimum Gasteiger partial charge on any atom is -0.480 e. The summed E-state index contributed by atoms with van der Waals surface area (Å²) in [5.41, 5.74) is 0. The van der Waals surface area contributed by atoms with E-state index in [1.807, 2.05) is 0 Å². The molecule has 0 bridgehead atoms. The highest BCUT2D eigenvalue weighted by Gasteiger charge is 2.28. The molecule has 2 rings (SSSR count). The number of nitrogens with zero attached hydrogens (tertiary/aromatic N) is 1. The van der Waals surface area contributed by atoms with Crippen LogP contribution in [0, 0.1) is 0 Å². The number of thiophene rings is 1. The Balaban J connectivity index is 2.11. The molecule has 1 saturated heterocycles. The van der Waals surface area contributed by atoms with Crippen LogP contribution in [0.15, 0.2) is 16.3 Å². The van der Waals surface area contributed by atoms with Gasteiger partial charge in [0.25, 0.3) is 5.91 Å². The Hall–Kier alpha value is -1.49.